The first kappa shape index (κ1) is 16.9. The number of unbranched alkanes of at least 4 members (excludes halogenated alkanes) is 3. The molecule has 0 amide bonds. The molecule has 0 bridgehead atoms. The molecule has 0 saturated heterocycles. The standard InChI is InChI=1S/C15H32O2/c1-7-9-10-11-12-15(8-2,16-13(3)4)17-14(5)6/h13-14H,7-12H2,1-6H3. The third-order valence-electron chi connectivity index (χ3n) is 2.85. The van der Waals surface area contributed by atoms with Gasteiger partial charge in [-0.25, -0.2) is 0 Å². The molecule has 0 unspecified atom stereocenters. The molecule has 0 N–H and O–H groups in total. The molecular formula is C15H32O2. The molecule has 0 spiro atoms. The molecule has 0 radical (unpaired) electrons. The van der Waals surface area contributed by atoms with Gasteiger partial charge in [0.2, 0.25) is 0 Å². The summed E-state index contributed by atoms with van der Waals surface area (Å²) in [4.78, 5) is 0. The Morgan fingerprint density at radius 3 is 1.71 bits per heavy atom. The lowest BCUT2D eigenvalue weighted by atomic mass is 10.0. The van der Waals surface area contributed by atoms with E-state index in [-0.39, 0.29) is 18.0 Å². The van der Waals surface area contributed by atoms with Crippen molar-refractivity contribution >= 4 is 0 Å². The van der Waals surface area contributed by atoms with Gasteiger partial charge in [0, 0.05) is 6.42 Å². The van der Waals surface area contributed by atoms with Crippen molar-refractivity contribution in [2.75, 3.05) is 0 Å². The van der Waals surface area contributed by atoms with E-state index in [1.807, 2.05) is 0 Å². The van der Waals surface area contributed by atoms with E-state index in [0.717, 1.165) is 12.8 Å². The molecule has 0 fully saturated rings. The molecule has 0 aromatic heterocycles. The predicted molar refractivity (Wildman–Crippen MR) is 74.2 cm³/mol. The second-order valence-electron chi connectivity index (χ2n) is 5.41. The van der Waals surface area contributed by atoms with E-state index < -0.39 is 0 Å². The van der Waals surface area contributed by atoms with Gasteiger partial charge in [-0.1, -0.05) is 33.1 Å². The Labute approximate surface area is 108 Å². The third kappa shape index (κ3) is 7.77. The van der Waals surface area contributed by atoms with Crippen LogP contribution in [0.5, 0.6) is 0 Å². The fraction of sp³-hybridized carbons (Fsp3) is 1.00. The first-order valence-corrected chi connectivity index (χ1v) is 7.31. The van der Waals surface area contributed by atoms with Gasteiger partial charge in [-0.3, -0.25) is 0 Å². The maximum atomic E-state index is 6.06. The normalized spacial score (nSPS) is 12.7. The smallest absolute Gasteiger partial charge is 0.168 e. The largest absolute Gasteiger partial charge is 0.347 e. The van der Waals surface area contributed by atoms with Crippen LogP contribution in [0.25, 0.3) is 0 Å². The van der Waals surface area contributed by atoms with Crippen LogP contribution in [0.15, 0.2) is 0 Å². The summed E-state index contributed by atoms with van der Waals surface area (Å²) in [6, 6.07) is 0. The Morgan fingerprint density at radius 2 is 1.35 bits per heavy atom. The molecule has 0 aliphatic rings. The number of rotatable bonds is 10. The van der Waals surface area contributed by atoms with Gasteiger partial charge in [0.15, 0.2) is 5.79 Å². The fourth-order valence-electron chi connectivity index (χ4n) is 2.17. The van der Waals surface area contributed by atoms with Gasteiger partial charge >= 0.3 is 0 Å². The third-order valence-corrected chi connectivity index (χ3v) is 2.85. The Bertz CT molecular complexity index is 166. The predicted octanol–water partition coefficient (Wildman–Crippen LogP) is 4.91. The Kier molecular flexibility index (Phi) is 8.89. The van der Waals surface area contributed by atoms with Crippen molar-refractivity contribution in [2.24, 2.45) is 0 Å². The van der Waals surface area contributed by atoms with Gasteiger partial charge in [0.1, 0.15) is 0 Å². The van der Waals surface area contributed by atoms with Gasteiger partial charge in [-0.2, -0.15) is 0 Å². The minimum Gasteiger partial charge on any atom is -0.347 e. The van der Waals surface area contributed by atoms with Crippen LogP contribution < -0.4 is 0 Å². The average Bonchev–Trinajstić information content (AvgIpc) is 2.22. The minimum atomic E-state index is -0.365. The van der Waals surface area contributed by atoms with Crippen molar-refractivity contribution < 1.29 is 9.47 Å². The van der Waals surface area contributed by atoms with Crippen molar-refractivity contribution in [2.45, 2.75) is 98.1 Å². The second-order valence-corrected chi connectivity index (χ2v) is 5.41. The van der Waals surface area contributed by atoms with Crippen molar-refractivity contribution in [3.8, 4) is 0 Å². The molecule has 0 saturated carbocycles. The van der Waals surface area contributed by atoms with E-state index in [1.165, 1.54) is 25.7 Å². The molecule has 0 aliphatic carbocycles. The van der Waals surface area contributed by atoms with Gasteiger partial charge in [0.05, 0.1) is 12.2 Å². The van der Waals surface area contributed by atoms with Crippen LogP contribution in [0.2, 0.25) is 0 Å². The monoisotopic (exact) mass is 244 g/mol. The molecule has 0 rings (SSSR count). The molecule has 0 aliphatic heterocycles. The van der Waals surface area contributed by atoms with E-state index in [2.05, 4.69) is 41.5 Å². The van der Waals surface area contributed by atoms with E-state index in [9.17, 15) is 0 Å². The molecule has 2 heteroatoms. The SMILES string of the molecule is CCCCCCC(CC)(OC(C)C)OC(C)C. The molecule has 0 aromatic carbocycles. The van der Waals surface area contributed by atoms with E-state index in [4.69, 9.17) is 9.47 Å². The highest BCUT2D eigenvalue weighted by Crippen LogP contribution is 2.28. The lowest BCUT2D eigenvalue weighted by molar-refractivity contribution is -0.274. The lowest BCUT2D eigenvalue weighted by Gasteiger charge is -2.36. The van der Waals surface area contributed by atoms with E-state index >= 15 is 0 Å². The minimum absolute atomic E-state index is 0.222. The molecule has 0 aromatic rings. The summed E-state index contributed by atoms with van der Waals surface area (Å²) in [7, 11) is 0. The Morgan fingerprint density at radius 1 is 0.824 bits per heavy atom. The van der Waals surface area contributed by atoms with Gasteiger partial charge in [-0.15, -0.1) is 0 Å². The van der Waals surface area contributed by atoms with Gasteiger partial charge in [0.25, 0.3) is 0 Å². The summed E-state index contributed by atoms with van der Waals surface area (Å²) in [6.45, 7) is 12.7. The second kappa shape index (κ2) is 8.93. The summed E-state index contributed by atoms with van der Waals surface area (Å²) in [5, 5.41) is 0. The summed E-state index contributed by atoms with van der Waals surface area (Å²) in [5.74, 6) is -0.365. The van der Waals surface area contributed by atoms with Crippen molar-refractivity contribution in [3.63, 3.8) is 0 Å². The summed E-state index contributed by atoms with van der Waals surface area (Å²) in [6.07, 6.45) is 7.44. The van der Waals surface area contributed by atoms with Crippen molar-refractivity contribution in [1.29, 1.82) is 0 Å². The van der Waals surface area contributed by atoms with Crippen LogP contribution in [-0.4, -0.2) is 18.0 Å². The molecule has 2 nitrogen and oxygen atoms in total. The van der Waals surface area contributed by atoms with Crippen LogP contribution in [-0.2, 0) is 9.47 Å². The zero-order valence-corrected chi connectivity index (χ0v) is 12.7. The van der Waals surface area contributed by atoms with Crippen LogP contribution in [0.3, 0.4) is 0 Å². The highest BCUT2D eigenvalue weighted by molar-refractivity contribution is 4.71. The van der Waals surface area contributed by atoms with Gasteiger partial charge in [-0.05, 0) is 40.5 Å². The van der Waals surface area contributed by atoms with Crippen LogP contribution in [0.1, 0.15) is 80.1 Å². The Balaban J connectivity index is 4.33. The van der Waals surface area contributed by atoms with Crippen LogP contribution in [0.4, 0.5) is 0 Å². The van der Waals surface area contributed by atoms with Crippen LogP contribution in [0, 0.1) is 0 Å². The topological polar surface area (TPSA) is 18.5 Å². The molecule has 0 atom stereocenters. The first-order valence-electron chi connectivity index (χ1n) is 7.31. The number of ether oxygens (including phenoxy) is 2. The zero-order valence-electron chi connectivity index (χ0n) is 12.7. The highest BCUT2D eigenvalue weighted by atomic mass is 16.7. The quantitative estimate of drug-likeness (QED) is 0.401. The summed E-state index contributed by atoms with van der Waals surface area (Å²) < 4.78 is 12.1. The summed E-state index contributed by atoms with van der Waals surface area (Å²) in [5.41, 5.74) is 0. The average molecular weight is 244 g/mol. The maximum absolute atomic E-state index is 6.06. The number of hydrogen-bond donors (Lipinski definition) is 0. The van der Waals surface area contributed by atoms with Crippen molar-refractivity contribution in [1.82, 2.24) is 0 Å². The van der Waals surface area contributed by atoms with E-state index in [1.54, 1.807) is 0 Å². The van der Waals surface area contributed by atoms with Crippen LogP contribution >= 0.6 is 0 Å². The van der Waals surface area contributed by atoms with E-state index in [0.29, 0.717) is 0 Å². The first-order chi connectivity index (χ1) is 7.95. The molecule has 0 heterocycles. The molecule has 17 heavy (non-hydrogen) atoms. The van der Waals surface area contributed by atoms with Gasteiger partial charge < -0.3 is 9.47 Å². The zero-order chi connectivity index (χ0) is 13.3. The fourth-order valence-corrected chi connectivity index (χ4v) is 2.17. The Hall–Kier alpha value is -0.0800. The van der Waals surface area contributed by atoms with Crippen molar-refractivity contribution in [3.05, 3.63) is 0 Å². The molecule has 104 valence electrons. The lowest BCUT2D eigenvalue weighted by Crippen LogP contribution is -2.39. The summed E-state index contributed by atoms with van der Waals surface area (Å²) >= 11 is 0. The molecular weight excluding hydrogens is 212 g/mol. The maximum Gasteiger partial charge on any atom is 0.168 e. The number of hydrogen-bond acceptors (Lipinski definition) is 2. The highest BCUT2D eigenvalue weighted by Gasteiger charge is 2.31.